The molecule has 22 heavy (non-hydrogen) atoms. The number of nitriles is 1. The number of allylic oxidation sites excluding steroid dienone is 3. The quantitative estimate of drug-likeness (QED) is 0.477. The molecule has 0 aliphatic carbocycles. The van der Waals surface area contributed by atoms with Gasteiger partial charge in [-0.3, -0.25) is 0 Å². The van der Waals surface area contributed by atoms with Crippen LogP contribution in [0.1, 0.15) is 12.5 Å². The molecule has 0 bridgehead atoms. The number of para-hydroxylation sites is 1. The Bertz CT molecular complexity index is 711. The number of rotatable bonds is 2. The fourth-order valence-corrected chi connectivity index (χ4v) is 1.90. The average Bonchev–Trinajstić information content (AvgIpc) is 2.47. The Labute approximate surface area is 124 Å². The van der Waals surface area contributed by atoms with Crippen LogP contribution in [0.3, 0.4) is 0 Å². The lowest BCUT2D eigenvalue weighted by molar-refractivity contribution is -0.138. The second-order valence-corrected chi connectivity index (χ2v) is 4.23. The summed E-state index contributed by atoms with van der Waals surface area (Å²) >= 11 is 0. The predicted molar refractivity (Wildman–Crippen MR) is 70.4 cm³/mol. The molecule has 1 aliphatic rings. The summed E-state index contributed by atoms with van der Waals surface area (Å²) in [5.74, 6) is -2.35. The van der Waals surface area contributed by atoms with Gasteiger partial charge in [0.25, 0.3) is 0 Å². The first-order valence-corrected chi connectivity index (χ1v) is 6.26. The van der Waals surface area contributed by atoms with E-state index in [2.05, 4.69) is 0 Å². The Hall–Kier alpha value is -2.75. The first-order valence-electron chi connectivity index (χ1n) is 6.26. The molecule has 2 rings (SSSR count). The van der Waals surface area contributed by atoms with Crippen LogP contribution in [0.25, 0.3) is 5.57 Å². The van der Waals surface area contributed by atoms with E-state index < -0.39 is 23.5 Å². The van der Waals surface area contributed by atoms with Gasteiger partial charge in [0, 0.05) is 11.1 Å². The van der Waals surface area contributed by atoms with Gasteiger partial charge in [-0.15, -0.1) is 0 Å². The molecule has 0 fully saturated rings. The number of alkyl halides is 3. The molecule has 0 spiro atoms. The number of carbonyl (C=O) groups is 1. The Morgan fingerprint density at radius 1 is 1.36 bits per heavy atom. The number of carbonyl (C=O) groups excluding carboxylic acids is 1. The Morgan fingerprint density at radius 3 is 2.64 bits per heavy atom. The molecule has 0 unspecified atom stereocenters. The topological polar surface area (TPSA) is 59.3 Å². The molecule has 1 aromatic rings. The van der Waals surface area contributed by atoms with Crippen LogP contribution >= 0.6 is 0 Å². The van der Waals surface area contributed by atoms with E-state index in [1.165, 1.54) is 25.1 Å². The molecule has 1 heterocycles. The van der Waals surface area contributed by atoms with E-state index in [1.807, 2.05) is 0 Å². The summed E-state index contributed by atoms with van der Waals surface area (Å²) in [6.45, 7) is 1.54. The van der Waals surface area contributed by atoms with Gasteiger partial charge in [0.05, 0.1) is 6.61 Å². The summed E-state index contributed by atoms with van der Waals surface area (Å²) in [5, 5.41) is 9.13. The van der Waals surface area contributed by atoms with Crippen molar-refractivity contribution < 1.29 is 27.4 Å². The van der Waals surface area contributed by atoms with Crippen molar-refractivity contribution in [2.45, 2.75) is 13.1 Å². The van der Waals surface area contributed by atoms with Crippen molar-refractivity contribution in [3.63, 3.8) is 0 Å². The number of hydrogen-bond acceptors (Lipinski definition) is 4. The number of halogens is 3. The highest BCUT2D eigenvalue weighted by atomic mass is 19.4. The van der Waals surface area contributed by atoms with Crippen molar-refractivity contribution in [2.24, 2.45) is 0 Å². The summed E-state index contributed by atoms with van der Waals surface area (Å²) in [6.07, 6.45) is -4.11. The standard InChI is InChI=1S/C15H10F3NO3/c1-2-21-14(20)11(8-19)10-7-13(15(16,17)18)22-12-6-4-3-5-9(10)12/h3-7H,2H2,1H3. The molecule has 1 aromatic carbocycles. The van der Waals surface area contributed by atoms with E-state index in [4.69, 9.17) is 14.7 Å². The van der Waals surface area contributed by atoms with E-state index in [0.717, 1.165) is 0 Å². The third kappa shape index (κ3) is 2.96. The lowest BCUT2D eigenvalue weighted by Crippen LogP contribution is -2.21. The third-order valence-corrected chi connectivity index (χ3v) is 2.81. The van der Waals surface area contributed by atoms with E-state index in [9.17, 15) is 18.0 Å². The van der Waals surface area contributed by atoms with Crippen molar-refractivity contribution in [2.75, 3.05) is 6.61 Å². The third-order valence-electron chi connectivity index (χ3n) is 2.81. The molecule has 0 atom stereocenters. The van der Waals surface area contributed by atoms with Crippen LogP contribution in [-0.4, -0.2) is 18.8 Å². The highest BCUT2D eigenvalue weighted by Gasteiger charge is 2.39. The first-order chi connectivity index (χ1) is 10.4. The molecule has 7 heteroatoms. The summed E-state index contributed by atoms with van der Waals surface area (Å²) in [7, 11) is 0. The van der Waals surface area contributed by atoms with Gasteiger partial charge in [0.15, 0.2) is 0 Å². The summed E-state index contributed by atoms with van der Waals surface area (Å²) in [5.41, 5.74) is -0.449. The summed E-state index contributed by atoms with van der Waals surface area (Å²) in [4.78, 5) is 11.8. The van der Waals surface area contributed by atoms with Gasteiger partial charge in [-0.05, 0) is 19.1 Å². The smallest absolute Gasteiger partial charge is 0.449 e. The molecule has 0 saturated carbocycles. The van der Waals surface area contributed by atoms with E-state index in [1.54, 1.807) is 12.1 Å². The molecule has 0 N–H and O–H groups in total. The van der Waals surface area contributed by atoms with Gasteiger partial charge in [-0.25, -0.2) is 4.79 Å². The lowest BCUT2D eigenvalue weighted by Gasteiger charge is -2.22. The van der Waals surface area contributed by atoms with Gasteiger partial charge in [0.1, 0.15) is 17.4 Å². The van der Waals surface area contributed by atoms with Gasteiger partial charge < -0.3 is 9.47 Å². The number of nitrogens with zero attached hydrogens (tertiary/aromatic N) is 1. The summed E-state index contributed by atoms with van der Waals surface area (Å²) < 4.78 is 48.2. The maximum atomic E-state index is 12.9. The first kappa shape index (κ1) is 15.6. The zero-order chi connectivity index (χ0) is 16.3. The van der Waals surface area contributed by atoms with Crippen LogP contribution in [0.15, 0.2) is 41.7 Å². The predicted octanol–water partition coefficient (Wildman–Crippen LogP) is 3.37. The lowest BCUT2D eigenvalue weighted by atomic mass is 9.96. The monoisotopic (exact) mass is 309 g/mol. The van der Waals surface area contributed by atoms with Crippen LogP contribution in [0.2, 0.25) is 0 Å². The van der Waals surface area contributed by atoms with Gasteiger partial charge in [0.2, 0.25) is 5.76 Å². The maximum absolute atomic E-state index is 12.9. The normalized spacial score (nSPS) is 15.9. The number of benzene rings is 1. The van der Waals surface area contributed by atoms with Crippen molar-refractivity contribution in [1.29, 1.82) is 5.26 Å². The van der Waals surface area contributed by atoms with Crippen molar-refractivity contribution in [3.05, 3.63) is 47.2 Å². The van der Waals surface area contributed by atoms with E-state index in [-0.39, 0.29) is 23.5 Å². The number of esters is 1. The van der Waals surface area contributed by atoms with Crippen molar-refractivity contribution in [3.8, 4) is 11.8 Å². The molecule has 1 aliphatic heterocycles. The number of hydrogen-bond donors (Lipinski definition) is 0. The fourth-order valence-electron chi connectivity index (χ4n) is 1.90. The Balaban J connectivity index is 2.68. The Morgan fingerprint density at radius 2 is 2.05 bits per heavy atom. The highest BCUT2D eigenvalue weighted by Crippen LogP contribution is 2.40. The zero-order valence-corrected chi connectivity index (χ0v) is 11.4. The second-order valence-electron chi connectivity index (χ2n) is 4.23. The molecule has 114 valence electrons. The molecule has 0 aromatic heterocycles. The number of ether oxygens (including phenoxy) is 2. The molecule has 0 radical (unpaired) electrons. The van der Waals surface area contributed by atoms with Crippen LogP contribution in [0.5, 0.6) is 5.75 Å². The zero-order valence-electron chi connectivity index (χ0n) is 11.4. The number of fused-ring (bicyclic) bond motifs is 1. The molecule has 0 saturated heterocycles. The fraction of sp³-hybridized carbons (Fsp3) is 0.200. The van der Waals surface area contributed by atoms with Crippen molar-refractivity contribution >= 4 is 11.5 Å². The molecule has 0 amide bonds. The second kappa shape index (κ2) is 5.93. The van der Waals surface area contributed by atoms with Gasteiger partial charge in [-0.2, -0.15) is 18.4 Å². The van der Waals surface area contributed by atoms with Crippen LogP contribution in [-0.2, 0) is 9.53 Å². The van der Waals surface area contributed by atoms with Crippen LogP contribution < -0.4 is 4.74 Å². The largest absolute Gasteiger partial charge is 0.462 e. The molecular weight excluding hydrogens is 299 g/mol. The minimum atomic E-state index is -4.74. The summed E-state index contributed by atoms with van der Waals surface area (Å²) in [6, 6.07) is 7.45. The van der Waals surface area contributed by atoms with Crippen molar-refractivity contribution in [1.82, 2.24) is 0 Å². The SMILES string of the molecule is CCOC(=O)C(C#N)=C1C=C(C(F)(F)F)Oc2ccccc21. The molecule has 4 nitrogen and oxygen atoms in total. The van der Waals surface area contributed by atoms with E-state index >= 15 is 0 Å². The van der Waals surface area contributed by atoms with E-state index in [0.29, 0.717) is 6.08 Å². The maximum Gasteiger partial charge on any atom is 0.449 e. The minimum absolute atomic E-state index is 0.00524. The van der Waals surface area contributed by atoms with Gasteiger partial charge >= 0.3 is 12.1 Å². The van der Waals surface area contributed by atoms with Crippen LogP contribution in [0, 0.1) is 11.3 Å². The Kier molecular flexibility index (Phi) is 4.22. The minimum Gasteiger partial charge on any atom is -0.462 e. The van der Waals surface area contributed by atoms with Gasteiger partial charge in [-0.1, -0.05) is 18.2 Å². The van der Waals surface area contributed by atoms with Crippen LogP contribution in [0.4, 0.5) is 13.2 Å². The average molecular weight is 309 g/mol. The molecular formula is C15H10F3NO3. The highest BCUT2D eigenvalue weighted by molar-refractivity contribution is 6.05.